The SMILES string of the molecule is CCn1nc(C)c(NC(=O)CCl)c1C(=O)OC. The van der Waals surface area contributed by atoms with Crippen LogP contribution in [-0.4, -0.2) is 34.6 Å². The molecule has 0 spiro atoms. The molecular weight excluding hydrogens is 246 g/mol. The molecule has 0 aliphatic heterocycles. The van der Waals surface area contributed by atoms with Gasteiger partial charge >= 0.3 is 5.97 Å². The topological polar surface area (TPSA) is 73.2 Å². The standard InChI is InChI=1S/C10H14ClN3O3/c1-4-14-9(10(16)17-3)8(6(2)13-14)12-7(15)5-11/h4-5H2,1-3H3,(H,12,15). The molecule has 0 saturated carbocycles. The van der Waals surface area contributed by atoms with Gasteiger partial charge in [-0.1, -0.05) is 0 Å². The number of anilines is 1. The minimum atomic E-state index is -0.544. The molecule has 0 atom stereocenters. The van der Waals surface area contributed by atoms with E-state index in [0.29, 0.717) is 17.9 Å². The second kappa shape index (κ2) is 5.67. The van der Waals surface area contributed by atoms with Crippen molar-refractivity contribution in [2.45, 2.75) is 20.4 Å². The Hall–Kier alpha value is -1.56. The molecule has 1 aromatic rings. The van der Waals surface area contributed by atoms with E-state index in [-0.39, 0.29) is 11.6 Å². The third-order valence-corrected chi connectivity index (χ3v) is 2.43. The molecule has 0 saturated heterocycles. The quantitative estimate of drug-likeness (QED) is 0.651. The second-order valence-electron chi connectivity index (χ2n) is 3.30. The van der Waals surface area contributed by atoms with Gasteiger partial charge in [0.15, 0.2) is 5.69 Å². The third-order valence-electron chi connectivity index (χ3n) is 2.19. The van der Waals surface area contributed by atoms with Crippen LogP contribution in [0.5, 0.6) is 0 Å². The highest BCUT2D eigenvalue weighted by molar-refractivity contribution is 6.29. The number of amides is 1. The lowest BCUT2D eigenvalue weighted by molar-refractivity contribution is -0.113. The number of methoxy groups -OCH3 is 1. The molecule has 1 N–H and O–H groups in total. The number of alkyl halides is 1. The number of halogens is 1. The summed E-state index contributed by atoms with van der Waals surface area (Å²) in [5.74, 6) is -1.12. The van der Waals surface area contributed by atoms with Crippen molar-refractivity contribution < 1.29 is 14.3 Å². The zero-order valence-electron chi connectivity index (χ0n) is 9.91. The van der Waals surface area contributed by atoms with Crippen LogP contribution in [0, 0.1) is 6.92 Å². The summed E-state index contributed by atoms with van der Waals surface area (Å²) in [4.78, 5) is 22.9. The number of carbonyl (C=O) groups is 2. The highest BCUT2D eigenvalue weighted by Crippen LogP contribution is 2.21. The fourth-order valence-electron chi connectivity index (χ4n) is 1.44. The summed E-state index contributed by atoms with van der Waals surface area (Å²) in [6.07, 6.45) is 0. The van der Waals surface area contributed by atoms with E-state index >= 15 is 0 Å². The van der Waals surface area contributed by atoms with Gasteiger partial charge in [-0.15, -0.1) is 11.6 Å². The minimum absolute atomic E-state index is 0.183. The van der Waals surface area contributed by atoms with E-state index in [1.54, 1.807) is 6.92 Å². The van der Waals surface area contributed by atoms with Crippen LogP contribution in [0.2, 0.25) is 0 Å². The first kappa shape index (κ1) is 13.5. The monoisotopic (exact) mass is 259 g/mol. The van der Waals surface area contributed by atoms with Gasteiger partial charge in [-0.3, -0.25) is 9.48 Å². The molecule has 1 rings (SSSR count). The molecule has 17 heavy (non-hydrogen) atoms. The van der Waals surface area contributed by atoms with Crippen LogP contribution >= 0.6 is 11.6 Å². The Morgan fingerprint density at radius 3 is 2.65 bits per heavy atom. The fourth-order valence-corrected chi connectivity index (χ4v) is 1.50. The number of hydrogen-bond donors (Lipinski definition) is 1. The Morgan fingerprint density at radius 2 is 2.18 bits per heavy atom. The molecule has 0 aromatic carbocycles. The summed E-state index contributed by atoms with van der Waals surface area (Å²) in [5, 5.41) is 6.69. The normalized spacial score (nSPS) is 10.1. The summed E-state index contributed by atoms with van der Waals surface area (Å²) in [7, 11) is 1.28. The summed E-state index contributed by atoms with van der Waals surface area (Å²) in [6, 6.07) is 0. The third kappa shape index (κ3) is 2.76. The lowest BCUT2D eigenvalue weighted by Gasteiger charge is -2.06. The maximum atomic E-state index is 11.6. The Kier molecular flexibility index (Phi) is 4.51. The molecule has 0 radical (unpaired) electrons. The molecule has 0 fully saturated rings. The van der Waals surface area contributed by atoms with E-state index in [1.165, 1.54) is 11.8 Å². The van der Waals surface area contributed by atoms with Crippen molar-refractivity contribution in [3.05, 3.63) is 11.4 Å². The molecule has 6 nitrogen and oxygen atoms in total. The number of nitrogens with one attached hydrogen (secondary N) is 1. The van der Waals surface area contributed by atoms with Crippen molar-refractivity contribution in [2.75, 3.05) is 18.3 Å². The van der Waals surface area contributed by atoms with Crippen molar-refractivity contribution >= 4 is 29.2 Å². The van der Waals surface area contributed by atoms with Crippen molar-refractivity contribution in [1.82, 2.24) is 9.78 Å². The number of esters is 1. The predicted octanol–water partition coefficient (Wildman–Crippen LogP) is 1.18. The van der Waals surface area contributed by atoms with Gasteiger partial charge in [-0.25, -0.2) is 4.79 Å². The Balaban J connectivity index is 3.22. The molecular formula is C10H14ClN3O3. The van der Waals surface area contributed by atoms with E-state index in [1.807, 2.05) is 6.92 Å². The number of hydrogen-bond acceptors (Lipinski definition) is 4. The van der Waals surface area contributed by atoms with Gasteiger partial charge in [0, 0.05) is 6.54 Å². The summed E-state index contributed by atoms with van der Waals surface area (Å²) < 4.78 is 6.14. The van der Waals surface area contributed by atoms with Gasteiger partial charge < -0.3 is 10.1 Å². The van der Waals surface area contributed by atoms with E-state index < -0.39 is 11.9 Å². The first-order chi connectivity index (χ1) is 8.04. The Labute approximate surface area is 104 Å². The lowest BCUT2D eigenvalue weighted by Crippen LogP contribution is -2.18. The van der Waals surface area contributed by atoms with Crippen LogP contribution in [0.4, 0.5) is 5.69 Å². The van der Waals surface area contributed by atoms with Gasteiger partial charge in [0.05, 0.1) is 18.5 Å². The van der Waals surface area contributed by atoms with E-state index in [4.69, 9.17) is 11.6 Å². The van der Waals surface area contributed by atoms with Crippen molar-refractivity contribution in [1.29, 1.82) is 0 Å². The number of ether oxygens (including phenoxy) is 1. The molecule has 7 heteroatoms. The zero-order valence-corrected chi connectivity index (χ0v) is 10.7. The second-order valence-corrected chi connectivity index (χ2v) is 3.57. The summed E-state index contributed by atoms with van der Waals surface area (Å²) in [6.45, 7) is 4.04. The number of aromatic nitrogens is 2. The largest absolute Gasteiger partial charge is 0.464 e. The average molecular weight is 260 g/mol. The minimum Gasteiger partial charge on any atom is -0.464 e. The Morgan fingerprint density at radius 1 is 1.53 bits per heavy atom. The zero-order chi connectivity index (χ0) is 13.0. The van der Waals surface area contributed by atoms with E-state index in [0.717, 1.165) is 0 Å². The molecule has 0 unspecified atom stereocenters. The van der Waals surface area contributed by atoms with Gasteiger partial charge in [-0.05, 0) is 13.8 Å². The molecule has 94 valence electrons. The molecule has 0 bridgehead atoms. The molecule has 0 aliphatic rings. The first-order valence-electron chi connectivity index (χ1n) is 5.06. The molecule has 1 aromatic heterocycles. The summed E-state index contributed by atoms with van der Waals surface area (Å²) in [5.41, 5.74) is 1.13. The average Bonchev–Trinajstić information content (AvgIpc) is 2.65. The molecule has 1 heterocycles. The summed E-state index contributed by atoms with van der Waals surface area (Å²) >= 11 is 5.41. The first-order valence-corrected chi connectivity index (χ1v) is 5.60. The maximum absolute atomic E-state index is 11.6. The van der Waals surface area contributed by atoms with Crippen molar-refractivity contribution in [3.8, 4) is 0 Å². The van der Waals surface area contributed by atoms with Crippen LogP contribution in [0.3, 0.4) is 0 Å². The van der Waals surface area contributed by atoms with Gasteiger partial charge in [0.1, 0.15) is 5.88 Å². The van der Waals surface area contributed by atoms with Crippen LogP contribution in [0.25, 0.3) is 0 Å². The van der Waals surface area contributed by atoms with Gasteiger partial charge in [-0.2, -0.15) is 5.10 Å². The van der Waals surface area contributed by atoms with Crippen LogP contribution < -0.4 is 5.32 Å². The number of aryl methyl sites for hydroxylation is 2. The maximum Gasteiger partial charge on any atom is 0.358 e. The number of rotatable bonds is 4. The number of carbonyl (C=O) groups excluding carboxylic acids is 2. The van der Waals surface area contributed by atoms with Gasteiger partial charge in [0.25, 0.3) is 0 Å². The van der Waals surface area contributed by atoms with E-state index in [9.17, 15) is 9.59 Å². The van der Waals surface area contributed by atoms with Crippen molar-refractivity contribution in [3.63, 3.8) is 0 Å². The van der Waals surface area contributed by atoms with Gasteiger partial charge in [0.2, 0.25) is 5.91 Å². The number of nitrogens with zero attached hydrogens (tertiary/aromatic N) is 2. The van der Waals surface area contributed by atoms with Crippen LogP contribution in [0.1, 0.15) is 23.1 Å². The highest BCUT2D eigenvalue weighted by atomic mass is 35.5. The smallest absolute Gasteiger partial charge is 0.358 e. The predicted molar refractivity (Wildman–Crippen MR) is 63.3 cm³/mol. The van der Waals surface area contributed by atoms with Crippen LogP contribution in [-0.2, 0) is 16.1 Å². The molecule has 0 aliphatic carbocycles. The molecule has 1 amide bonds. The van der Waals surface area contributed by atoms with E-state index in [2.05, 4.69) is 15.2 Å². The van der Waals surface area contributed by atoms with Crippen molar-refractivity contribution in [2.24, 2.45) is 0 Å². The fraction of sp³-hybridized carbons (Fsp3) is 0.500. The highest BCUT2D eigenvalue weighted by Gasteiger charge is 2.22. The van der Waals surface area contributed by atoms with Crippen LogP contribution in [0.15, 0.2) is 0 Å². The lowest BCUT2D eigenvalue weighted by atomic mass is 10.3. The Bertz CT molecular complexity index is 442.